The minimum absolute atomic E-state index is 0.205. The number of halogens is 1. The van der Waals surface area contributed by atoms with E-state index < -0.39 is 5.97 Å². The maximum atomic E-state index is 12.6. The van der Waals surface area contributed by atoms with Crippen LogP contribution >= 0.6 is 0 Å². The zero-order valence-corrected chi connectivity index (χ0v) is 12.0. The molecular formula is C16H16FN3O2. The fourth-order valence-electron chi connectivity index (χ4n) is 1.88. The predicted octanol–water partition coefficient (Wildman–Crippen LogP) is 2.69. The second-order valence-corrected chi connectivity index (χ2v) is 4.85. The molecule has 0 fully saturated rings. The molecule has 0 spiro atoms. The maximum Gasteiger partial charge on any atom is 0.337 e. The predicted molar refractivity (Wildman–Crippen MR) is 81.3 cm³/mol. The van der Waals surface area contributed by atoms with Crippen molar-refractivity contribution < 1.29 is 14.3 Å². The van der Waals surface area contributed by atoms with Crippen LogP contribution in [0.4, 0.5) is 4.39 Å². The van der Waals surface area contributed by atoms with E-state index in [2.05, 4.69) is 22.4 Å². The number of aromatic carboxylic acids is 1. The van der Waals surface area contributed by atoms with Gasteiger partial charge in [0.25, 0.3) is 0 Å². The number of nitrogens with zero attached hydrogens (tertiary/aromatic N) is 2. The van der Waals surface area contributed by atoms with Gasteiger partial charge in [-0.2, -0.15) is 5.10 Å². The van der Waals surface area contributed by atoms with E-state index in [1.165, 1.54) is 30.6 Å². The standard InChI is InChI=1S/C10H11FN2.C6H5NO2/c1-7-6-10(13-12-7)8-2-4-9(11)5-3-8;8-6(9)5-2-1-3-7-4-5/h2-5,7,12H,6H2,1H3;1-4H,(H,8,9). The fourth-order valence-corrected chi connectivity index (χ4v) is 1.88. The molecule has 1 aromatic carbocycles. The summed E-state index contributed by atoms with van der Waals surface area (Å²) in [6, 6.07) is 9.91. The van der Waals surface area contributed by atoms with Crippen LogP contribution in [0.15, 0.2) is 53.9 Å². The van der Waals surface area contributed by atoms with E-state index in [9.17, 15) is 9.18 Å². The molecule has 0 bridgehead atoms. The average molecular weight is 301 g/mol. The Kier molecular flexibility index (Phi) is 5.19. The largest absolute Gasteiger partial charge is 0.478 e. The molecule has 2 N–H and O–H groups in total. The summed E-state index contributed by atoms with van der Waals surface area (Å²) in [5.74, 6) is -1.15. The number of hydrogen-bond acceptors (Lipinski definition) is 4. The number of carbonyl (C=O) groups is 1. The number of pyridine rings is 1. The van der Waals surface area contributed by atoms with Crippen molar-refractivity contribution in [1.82, 2.24) is 10.4 Å². The van der Waals surface area contributed by atoms with Gasteiger partial charge in [-0.3, -0.25) is 4.98 Å². The molecule has 2 aromatic rings. The molecule has 0 aliphatic carbocycles. The summed E-state index contributed by atoms with van der Waals surface area (Å²) in [5.41, 5.74) is 5.20. The van der Waals surface area contributed by atoms with Crippen LogP contribution < -0.4 is 5.43 Å². The van der Waals surface area contributed by atoms with Crippen molar-refractivity contribution >= 4 is 11.7 Å². The van der Waals surface area contributed by atoms with Crippen LogP contribution in [0.1, 0.15) is 29.3 Å². The van der Waals surface area contributed by atoms with Crippen molar-refractivity contribution in [2.24, 2.45) is 5.10 Å². The third kappa shape index (κ3) is 4.37. The number of carboxylic acids is 1. The van der Waals surface area contributed by atoms with Crippen LogP contribution in [0.25, 0.3) is 0 Å². The lowest BCUT2D eigenvalue weighted by Gasteiger charge is -1.99. The van der Waals surface area contributed by atoms with Gasteiger partial charge in [-0.05, 0) is 36.8 Å². The summed E-state index contributed by atoms with van der Waals surface area (Å²) >= 11 is 0. The van der Waals surface area contributed by atoms with E-state index in [1.54, 1.807) is 18.2 Å². The van der Waals surface area contributed by atoms with Gasteiger partial charge in [-0.1, -0.05) is 12.1 Å². The van der Waals surface area contributed by atoms with Gasteiger partial charge in [0, 0.05) is 24.9 Å². The number of hydrazone groups is 1. The van der Waals surface area contributed by atoms with Crippen LogP contribution in [0.5, 0.6) is 0 Å². The summed E-state index contributed by atoms with van der Waals surface area (Å²) < 4.78 is 12.6. The lowest BCUT2D eigenvalue weighted by atomic mass is 10.1. The van der Waals surface area contributed by atoms with Crippen molar-refractivity contribution in [3.8, 4) is 0 Å². The van der Waals surface area contributed by atoms with Crippen LogP contribution in [-0.4, -0.2) is 27.8 Å². The minimum atomic E-state index is -0.942. The average Bonchev–Trinajstić information content (AvgIpc) is 2.96. The molecule has 114 valence electrons. The van der Waals surface area contributed by atoms with Gasteiger partial charge in [0.1, 0.15) is 5.82 Å². The summed E-state index contributed by atoms with van der Waals surface area (Å²) in [5, 5.41) is 12.5. The zero-order chi connectivity index (χ0) is 15.9. The third-order valence-electron chi connectivity index (χ3n) is 3.01. The molecule has 1 unspecified atom stereocenters. The highest BCUT2D eigenvalue weighted by molar-refractivity contribution is 6.01. The van der Waals surface area contributed by atoms with Crippen LogP contribution in [0.2, 0.25) is 0 Å². The van der Waals surface area contributed by atoms with Crippen molar-refractivity contribution in [3.63, 3.8) is 0 Å². The molecule has 0 radical (unpaired) electrons. The Bertz CT molecular complexity index is 657. The van der Waals surface area contributed by atoms with E-state index in [-0.39, 0.29) is 11.4 Å². The maximum absolute atomic E-state index is 12.6. The van der Waals surface area contributed by atoms with E-state index in [4.69, 9.17) is 5.11 Å². The normalized spacial score (nSPS) is 16.1. The Labute approximate surface area is 127 Å². The molecule has 0 saturated carbocycles. The monoisotopic (exact) mass is 301 g/mol. The second kappa shape index (κ2) is 7.31. The van der Waals surface area contributed by atoms with Gasteiger partial charge >= 0.3 is 5.97 Å². The van der Waals surface area contributed by atoms with Crippen molar-refractivity contribution in [2.75, 3.05) is 0 Å². The first-order valence-electron chi connectivity index (χ1n) is 6.77. The van der Waals surface area contributed by atoms with Crippen molar-refractivity contribution in [2.45, 2.75) is 19.4 Å². The number of benzene rings is 1. The summed E-state index contributed by atoms with van der Waals surface area (Å²) in [6.07, 6.45) is 3.75. The molecule has 6 heteroatoms. The first kappa shape index (κ1) is 15.6. The minimum Gasteiger partial charge on any atom is -0.478 e. The smallest absolute Gasteiger partial charge is 0.337 e. The van der Waals surface area contributed by atoms with E-state index >= 15 is 0 Å². The highest BCUT2D eigenvalue weighted by atomic mass is 19.1. The molecule has 1 aliphatic rings. The number of rotatable bonds is 2. The molecule has 0 amide bonds. The molecule has 22 heavy (non-hydrogen) atoms. The Morgan fingerprint density at radius 2 is 2.05 bits per heavy atom. The lowest BCUT2D eigenvalue weighted by Crippen LogP contribution is -2.13. The summed E-state index contributed by atoms with van der Waals surface area (Å²) in [7, 11) is 0. The van der Waals surface area contributed by atoms with Crippen molar-refractivity contribution in [1.29, 1.82) is 0 Å². The SMILES string of the molecule is CC1CC(c2ccc(F)cc2)=NN1.O=C(O)c1cccnc1. The Balaban J connectivity index is 0.000000172. The van der Waals surface area contributed by atoms with Crippen LogP contribution in [0, 0.1) is 5.82 Å². The highest BCUT2D eigenvalue weighted by Crippen LogP contribution is 2.12. The molecule has 1 atom stereocenters. The molecule has 0 saturated heterocycles. The van der Waals surface area contributed by atoms with Crippen LogP contribution in [-0.2, 0) is 0 Å². The topological polar surface area (TPSA) is 74.6 Å². The first-order valence-corrected chi connectivity index (χ1v) is 6.77. The first-order chi connectivity index (χ1) is 10.6. The molecule has 2 heterocycles. The zero-order valence-electron chi connectivity index (χ0n) is 12.0. The number of aromatic nitrogens is 1. The second-order valence-electron chi connectivity index (χ2n) is 4.85. The van der Waals surface area contributed by atoms with Gasteiger partial charge in [0.2, 0.25) is 0 Å². The molecule has 1 aliphatic heterocycles. The van der Waals surface area contributed by atoms with Crippen molar-refractivity contribution in [3.05, 3.63) is 65.7 Å². The number of nitrogens with one attached hydrogen (secondary N) is 1. The highest BCUT2D eigenvalue weighted by Gasteiger charge is 2.14. The molecule has 1 aromatic heterocycles. The summed E-state index contributed by atoms with van der Waals surface area (Å²) in [6.45, 7) is 2.07. The van der Waals surface area contributed by atoms with E-state index in [1.807, 2.05) is 0 Å². The van der Waals surface area contributed by atoms with E-state index in [0.29, 0.717) is 6.04 Å². The van der Waals surface area contributed by atoms with Gasteiger partial charge < -0.3 is 10.5 Å². The molecular weight excluding hydrogens is 285 g/mol. The van der Waals surface area contributed by atoms with Gasteiger partial charge in [-0.15, -0.1) is 0 Å². The molecule has 5 nitrogen and oxygen atoms in total. The Morgan fingerprint density at radius 3 is 2.50 bits per heavy atom. The summed E-state index contributed by atoms with van der Waals surface area (Å²) in [4.78, 5) is 13.8. The van der Waals surface area contributed by atoms with Gasteiger partial charge in [0.05, 0.1) is 11.3 Å². The number of carboxylic acid groups (broad SMARTS) is 1. The van der Waals surface area contributed by atoms with E-state index in [0.717, 1.165) is 17.7 Å². The lowest BCUT2D eigenvalue weighted by molar-refractivity contribution is 0.0696. The molecule has 3 rings (SSSR count). The Hall–Kier alpha value is -2.76. The fraction of sp³-hybridized carbons (Fsp3) is 0.188. The third-order valence-corrected chi connectivity index (χ3v) is 3.01. The van der Waals surface area contributed by atoms with Gasteiger partial charge in [0.15, 0.2) is 0 Å². The number of hydrogen-bond donors (Lipinski definition) is 2. The quantitative estimate of drug-likeness (QED) is 0.894. The van der Waals surface area contributed by atoms with Crippen LogP contribution in [0.3, 0.4) is 0 Å². The Morgan fingerprint density at radius 1 is 1.32 bits per heavy atom. The van der Waals surface area contributed by atoms with Gasteiger partial charge in [-0.25, -0.2) is 9.18 Å².